The Morgan fingerprint density at radius 1 is 1.50 bits per heavy atom. The lowest BCUT2D eigenvalue weighted by Gasteiger charge is -2.27. The molecule has 5 heteroatoms. The minimum absolute atomic E-state index is 0.106. The van der Waals surface area contributed by atoms with E-state index >= 15 is 0 Å². The van der Waals surface area contributed by atoms with Gasteiger partial charge < -0.3 is 15.7 Å². The minimum Gasteiger partial charge on any atom is -0.394 e. The van der Waals surface area contributed by atoms with Crippen molar-refractivity contribution in [2.45, 2.75) is 32.7 Å². The lowest BCUT2D eigenvalue weighted by atomic mass is 10.0. The number of carbonyl (C=O) groups excluding carboxylic acids is 1. The van der Waals surface area contributed by atoms with Gasteiger partial charge in [0.2, 0.25) is 0 Å². The van der Waals surface area contributed by atoms with Crippen LogP contribution in [0.1, 0.15) is 25.8 Å². The molecule has 0 aromatic heterocycles. The van der Waals surface area contributed by atoms with Crippen molar-refractivity contribution in [3.05, 3.63) is 28.8 Å². The summed E-state index contributed by atoms with van der Waals surface area (Å²) in [6.07, 6.45) is 0.644. The normalized spacial score (nSPS) is 13.8. The van der Waals surface area contributed by atoms with Gasteiger partial charge in [-0.1, -0.05) is 24.6 Å². The second-order valence-corrected chi connectivity index (χ2v) is 5.02. The first-order chi connectivity index (χ1) is 8.40. The van der Waals surface area contributed by atoms with Crippen LogP contribution >= 0.6 is 11.6 Å². The number of benzene rings is 1. The summed E-state index contributed by atoms with van der Waals surface area (Å²) in [7, 11) is 0. The highest BCUT2D eigenvalue weighted by Crippen LogP contribution is 2.20. The summed E-state index contributed by atoms with van der Waals surface area (Å²) >= 11 is 5.97. The van der Waals surface area contributed by atoms with E-state index in [1.54, 1.807) is 19.1 Å². The SMILES string of the molecule is CCC(C)(CO)NC(=O)Nc1ccc(C)c(Cl)c1. The quantitative estimate of drug-likeness (QED) is 0.788. The van der Waals surface area contributed by atoms with Gasteiger partial charge in [-0.05, 0) is 38.0 Å². The topological polar surface area (TPSA) is 61.4 Å². The fourth-order valence-electron chi connectivity index (χ4n) is 1.35. The van der Waals surface area contributed by atoms with E-state index in [-0.39, 0.29) is 12.6 Å². The van der Waals surface area contributed by atoms with Gasteiger partial charge in [-0.2, -0.15) is 0 Å². The van der Waals surface area contributed by atoms with Crippen molar-refractivity contribution in [2.24, 2.45) is 0 Å². The number of aryl methyl sites for hydroxylation is 1. The van der Waals surface area contributed by atoms with Crippen LogP contribution in [-0.2, 0) is 0 Å². The van der Waals surface area contributed by atoms with Gasteiger partial charge in [0.1, 0.15) is 0 Å². The Balaban J connectivity index is 2.67. The Morgan fingerprint density at radius 3 is 2.67 bits per heavy atom. The molecule has 0 fully saturated rings. The van der Waals surface area contributed by atoms with Gasteiger partial charge in [0.25, 0.3) is 0 Å². The van der Waals surface area contributed by atoms with Crippen LogP contribution < -0.4 is 10.6 Å². The molecule has 2 amide bonds. The molecule has 0 saturated heterocycles. The van der Waals surface area contributed by atoms with E-state index < -0.39 is 5.54 Å². The molecule has 0 radical (unpaired) electrons. The van der Waals surface area contributed by atoms with Gasteiger partial charge in [-0.3, -0.25) is 0 Å². The van der Waals surface area contributed by atoms with Crippen LogP contribution in [-0.4, -0.2) is 23.3 Å². The monoisotopic (exact) mass is 270 g/mol. The third-order valence-corrected chi connectivity index (χ3v) is 3.38. The number of carbonyl (C=O) groups is 1. The Hall–Kier alpha value is -1.26. The Kier molecular flexibility index (Phi) is 4.99. The number of hydrogen-bond donors (Lipinski definition) is 3. The maximum Gasteiger partial charge on any atom is 0.319 e. The molecule has 0 aliphatic heterocycles. The molecular weight excluding hydrogens is 252 g/mol. The molecular formula is C13H19ClN2O2. The van der Waals surface area contributed by atoms with Crippen LogP contribution in [0, 0.1) is 6.92 Å². The highest BCUT2D eigenvalue weighted by atomic mass is 35.5. The molecule has 1 rings (SSSR count). The van der Waals surface area contributed by atoms with Crippen LogP contribution in [0.25, 0.3) is 0 Å². The summed E-state index contributed by atoms with van der Waals surface area (Å²) in [5, 5.41) is 15.2. The number of aliphatic hydroxyl groups is 1. The molecule has 1 unspecified atom stereocenters. The molecule has 18 heavy (non-hydrogen) atoms. The van der Waals surface area contributed by atoms with E-state index in [1.807, 2.05) is 19.9 Å². The van der Waals surface area contributed by atoms with E-state index in [9.17, 15) is 9.90 Å². The average Bonchev–Trinajstić information content (AvgIpc) is 2.33. The van der Waals surface area contributed by atoms with Crippen molar-refractivity contribution in [1.82, 2.24) is 5.32 Å². The van der Waals surface area contributed by atoms with Crippen LogP contribution in [0.3, 0.4) is 0 Å². The van der Waals surface area contributed by atoms with E-state index in [1.165, 1.54) is 0 Å². The van der Waals surface area contributed by atoms with Crippen molar-refractivity contribution < 1.29 is 9.90 Å². The summed E-state index contributed by atoms with van der Waals surface area (Å²) in [6, 6.07) is 4.96. The lowest BCUT2D eigenvalue weighted by Crippen LogP contribution is -2.50. The fraction of sp³-hybridized carbons (Fsp3) is 0.462. The van der Waals surface area contributed by atoms with Gasteiger partial charge in [-0.15, -0.1) is 0 Å². The van der Waals surface area contributed by atoms with Crippen LogP contribution in [0.2, 0.25) is 5.02 Å². The van der Waals surface area contributed by atoms with Gasteiger partial charge in [0, 0.05) is 10.7 Å². The molecule has 0 spiro atoms. The first kappa shape index (κ1) is 14.8. The zero-order chi connectivity index (χ0) is 13.8. The van der Waals surface area contributed by atoms with Crippen molar-refractivity contribution in [1.29, 1.82) is 0 Å². The third kappa shape index (κ3) is 3.89. The summed E-state index contributed by atoms with van der Waals surface area (Å²) < 4.78 is 0. The maximum atomic E-state index is 11.8. The molecule has 1 atom stereocenters. The van der Waals surface area contributed by atoms with Crippen molar-refractivity contribution >= 4 is 23.3 Å². The number of amides is 2. The molecule has 3 N–H and O–H groups in total. The summed E-state index contributed by atoms with van der Waals surface area (Å²) in [5.74, 6) is 0. The van der Waals surface area contributed by atoms with Crippen molar-refractivity contribution in [2.75, 3.05) is 11.9 Å². The van der Waals surface area contributed by atoms with Crippen LogP contribution in [0.15, 0.2) is 18.2 Å². The van der Waals surface area contributed by atoms with Crippen molar-refractivity contribution in [3.8, 4) is 0 Å². The fourth-order valence-corrected chi connectivity index (χ4v) is 1.53. The second-order valence-electron chi connectivity index (χ2n) is 4.62. The number of rotatable bonds is 4. The van der Waals surface area contributed by atoms with Gasteiger partial charge in [-0.25, -0.2) is 4.79 Å². The molecule has 0 heterocycles. The number of urea groups is 1. The number of nitrogens with one attached hydrogen (secondary N) is 2. The van der Waals surface area contributed by atoms with E-state index in [4.69, 9.17) is 11.6 Å². The van der Waals surface area contributed by atoms with Crippen LogP contribution in [0.4, 0.5) is 10.5 Å². The smallest absolute Gasteiger partial charge is 0.319 e. The number of aliphatic hydroxyl groups excluding tert-OH is 1. The molecule has 100 valence electrons. The molecule has 0 saturated carbocycles. The number of hydrogen-bond acceptors (Lipinski definition) is 2. The summed E-state index contributed by atoms with van der Waals surface area (Å²) in [4.78, 5) is 11.8. The molecule has 0 aliphatic carbocycles. The number of halogens is 1. The van der Waals surface area contributed by atoms with E-state index in [0.29, 0.717) is 17.1 Å². The van der Waals surface area contributed by atoms with Crippen LogP contribution in [0.5, 0.6) is 0 Å². The standard InChI is InChI=1S/C13H19ClN2O2/c1-4-13(3,8-17)16-12(18)15-10-6-5-9(2)11(14)7-10/h5-7,17H,4,8H2,1-3H3,(H2,15,16,18). The highest BCUT2D eigenvalue weighted by Gasteiger charge is 2.23. The average molecular weight is 271 g/mol. The summed E-state index contributed by atoms with van der Waals surface area (Å²) in [5.41, 5.74) is 0.967. The molecule has 1 aromatic carbocycles. The number of anilines is 1. The van der Waals surface area contributed by atoms with Crippen molar-refractivity contribution in [3.63, 3.8) is 0 Å². The van der Waals surface area contributed by atoms with E-state index in [2.05, 4.69) is 10.6 Å². The lowest BCUT2D eigenvalue weighted by molar-refractivity contribution is 0.172. The Morgan fingerprint density at radius 2 is 2.17 bits per heavy atom. The molecule has 1 aromatic rings. The first-order valence-electron chi connectivity index (χ1n) is 5.86. The predicted molar refractivity (Wildman–Crippen MR) is 74.1 cm³/mol. The summed E-state index contributed by atoms with van der Waals surface area (Å²) in [6.45, 7) is 5.48. The molecule has 4 nitrogen and oxygen atoms in total. The second kappa shape index (κ2) is 6.07. The van der Waals surface area contributed by atoms with Gasteiger partial charge in [0.05, 0.1) is 12.1 Å². The minimum atomic E-state index is -0.613. The Labute approximate surface area is 112 Å². The van der Waals surface area contributed by atoms with E-state index in [0.717, 1.165) is 5.56 Å². The van der Waals surface area contributed by atoms with Gasteiger partial charge in [0.15, 0.2) is 0 Å². The molecule has 0 aliphatic rings. The third-order valence-electron chi connectivity index (χ3n) is 2.97. The molecule has 0 bridgehead atoms. The largest absolute Gasteiger partial charge is 0.394 e. The first-order valence-corrected chi connectivity index (χ1v) is 6.24. The van der Waals surface area contributed by atoms with Gasteiger partial charge >= 0.3 is 6.03 Å². The highest BCUT2D eigenvalue weighted by molar-refractivity contribution is 6.31. The zero-order valence-electron chi connectivity index (χ0n) is 10.9. The zero-order valence-corrected chi connectivity index (χ0v) is 11.6. The maximum absolute atomic E-state index is 11.8. The predicted octanol–water partition coefficient (Wildman–Crippen LogP) is 2.93. The Bertz CT molecular complexity index is 431.